The second-order valence-corrected chi connectivity index (χ2v) is 3.07. The van der Waals surface area contributed by atoms with Gasteiger partial charge in [0.05, 0.1) is 6.10 Å². The maximum Gasteiger partial charge on any atom is 0.0694 e. The fraction of sp³-hybridized carbons (Fsp3) is 1.00. The number of aliphatic hydroxyl groups is 1. The molecular weight excluding hydrogens is 142 g/mol. The predicted octanol–water partition coefficient (Wildman–Crippen LogP) is -0.00670. The molecule has 0 spiro atoms. The van der Waals surface area contributed by atoms with E-state index in [1.807, 2.05) is 7.05 Å². The maximum absolute atomic E-state index is 9.56. The molecular formula is C8H17NO2. The lowest BCUT2D eigenvalue weighted by Crippen LogP contribution is -2.34. The summed E-state index contributed by atoms with van der Waals surface area (Å²) in [5.74, 6) is 0.441. The zero-order valence-corrected chi connectivity index (χ0v) is 7.05. The Labute approximate surface area is 67.7 Å². The van der Waals surface area contributed by atoms with Crippen molar-refractivity contribution in [3.8, 4) is 0 Å². The van der Waals surface area contributed by atoms with Crippen molar-refractivity contribution in [1.82, 2.24) is 5.32 Å². The van der Waals surface area contributed by atoms with Crippen molar-refractivity contribution in [2.75, 3.05) is 26.8 Å². The molecule has 0 aromatic rings. The van der Waals surface area contributed by atoms with Gasteiger partial charge in [-0.05, 0) is 25.8 Å². The van der Waals surface area contributed by atoms with Gasteiger partial charge in [-0.1, -0.05) is 0 Å². The molecule has 0 radical (unpaired) electrons. The van der Waals surface area contributed by atoms with E-state index in [9.17, 15) is 5.11 Å². The standard InChI is InChI=1S/C8H17NO2/c1-9-6-8(10)7-2-4-11-5-3-7/h7-10H,2-6H2,1H3. The number of likely N-dealkylation sites (N-methyl/N-ethyl adjacent to an activating group) is 1. The van der Waals surface area contributed by atoms with Gasteiger partial charge >= 0.3 is 0 Å². The predicted molar refractivity (Wildman–Crippen MR) is 43.5 cm³/mol. The lowest BCUT2D eigenvalue weighted by Gasteiger charge is -2.26. The van der Waals surface area contributed by atoms with Gasteiger partial charge in [-0.3, -0.25) is 0 Å². The number of aliphatic hydroxyl groups excluding tert-OH is 1. The lowest BCUT2D eigenvalue weighted by atomic mass is 9.94. The number of ether oxygens (including phenoxy) is 1. The van der Waals surface area contributed by atoms with Crippen LogP contribution in [0.15, 0.2) is 0 Å². The fourth-order valence-corrected chi connectivity index (χ4v) is 1.48. The molecule has 1 aliphatic rings. The number of nitrogens with one attached hydrogen (secondary N) is 1. The van der Waals surface area contributed by atoms with Gasteiger partial charge < -0.3 is 15.2 Å². The number of hydrogen-bond acceptors (Lipinski definition) is 3. The van der Waals surface area contributed by atoms with E-state index < -0.39 is 0 Å². The van der Waals surface area contributed by atoms with E-state index >= 15 is 0 Å². The van der Waals surface area contributed by atoms with Crippen LogP contribution in [0.4, 0.5) is 0 Å². The first kappa shape index (κ1) is 8.97. The summed E-state index contributed by atoms with van der Waals surface area (Å²) in [5.41, 5.74) is 0. The minimum absolute atomic E-state index is 0.191. The van der Waals surface area contributed by atoms with E-state index in [1.165, 1.54) is 0 Å². The largest absolute Gasteiger partial charge is 0.392 e. The number of rotatable bonds is 3. The SMILES string of the molecule is CNCC(O)C1CCOCC1. The van der Waals surface area contributed by atoms with Crippen LogP contribution in [0.3, 0.4) is 0 Å². The van der Waals surface area contributed by atoms with Gasteiger partial charge in [0.25, 0.3) is 0 Å². The Bertz CT molecular complexity index is 102. The van der Waals surface area contributed by atoms with Crippen molar-refractivity contribution in [3.63, 3.8) is 0 Å². The monoisotopic (exact) mass is 159 g/mol. The van der Waals surface area contributed by atoms with Crippen molar-refractivity contribution in [3.05, 3.63) is 0 Å². The molecule has 1 unspecified atom stereocenters. The molecule has 0 bridgehead atoms. The summed E-state index contributed by atoms with van der Waals surface area (Å²) in [4.78, 5) is 0. The average molecular weight is 159 g/mol. The van der Waals surface area contributed by atoms with Crippen LogP contribution in [0.25, 0.3) is 0 Å². The van der Waals surface area contributed by atoms with Crippen LogP contribution in [0.2, 0.25) is 0 Å². The lowest BCUT2D eigenvalue weighted by molar-refractivity contribution is 0.00922. The van der Waals surface area contributed by atoms with Crippen LogP contribution in [0.1, 0.15) is 12.8 Å². The Balaban J connectivity index is 2.21. The summed E-state index contributed by atoms with van der Waals surface area (Å²) in [7, 11) is 1.86. The van der Waals surface area contributed by atoms with Crippen LogP contribution in [-0.4, -0.2) is 38.0 Å². The Morgan fingerprint density at radius 3 is 2.73 bits per heavy atom. The van der Waals surface area contributed by atoms with E-state index in [-0.39, 0.29) is 6.10 Å². The van der Waals surface area contributed by atoms with E-state index in [4.69, 9.17) is 4.74 Å². The van der Waals surface area contributed by atoms with Crippen LogP contribution < -0.4 is 5.32 Å². The second-order valence-electron chi connectivity index (χ2n) is 3.07. The molecule has 0 saturated carbocycles. The van der Waals surface area contributed by atoms with Crippen molar-refractivity contribution >= 4 is 0 Å². The Kier molecular flexibility index (Phi) is 3.83. The van der Waals surface area contributed by atoms with Crippen LogP contribution in [0, 0.1) is 5.92 Å². The van der Waals surface area contributed by atoms with Gasteiger partial charge in [-0.25, -0.2) is 0 Å². The minimum Gasteiger partial charge on any atom is -0.392 e. The van der Waals surface area contributed by atoms with E-state index in [0.29, 0.717) is 12.5 Å². The summed E-state index contributed by atoms with van der Waals surface area (Å²) < 4.78 is 5.20. The smallest absolute Gasteiger partial charge is 0.0694 e. The molecule has 1 aliphatic heterocycles. The van der Waals surface area contributed by atoms with Crippen molar-refractivity contribution in [2.24, 2.45) is 5.92 Å². The molecule has 0 aromatic heterocycles. The Morgan fingerprint density at radius 1 is 1.55 bits per heavy atom. The van der Waals surface area contributed by atoms with Crippen LogP contribution in [0.5, 0.6) is 0 Å². The van der Waals surface area contributed by atoms with Crippen LogP contribution in [-0.2, 0) is 4.74 Å². The van der Waals surface area contributed by atoms with Gasteiger partial charge in [0.1, 0.15) is 0 Å². The van der Waals surface area contributed by atoms with Gasteiger partial charge in [0.15, 0.2) is 0 Å². The summed E-state index contributed by atoms with van der Waals surface area (Å²) in [6, 6.07) is 0. The van der Waals surface area contributed by atoms with Crippen molar-refractivity contribution in [2.45, 2.75) is 18.9 Å². The van der Waals surface area contributed by atoms with Crippen LogP contribution >= 0.6 is 0 Å². The Hall–Kier alpha value is -0.120. The molecule has 3 heteroatoms. The molecule has 11 heavy (non-hydrogen) atoms. The highest BCUT2D eigenvalue weighted by Crippen LogP contribution is 2.17. The molecule has 1 atom stereocenters. The fourth-order valence-electron chi connectivity index (χ4n) is 1.48. The first-order chi connectivity index (χ1) is 5.34. The Morgan fingerprint density at radius 2 is 2.18 bits per heavy atom. The molecule has 0 aromatic carbocycles. The highest BCUT2D eigenvalue weighted by atomic mass is 16.5. The van der Waals surface area contributed by atoms with Gasteiger partial charge in [0.2, 0.25) is 0 Å². The quantitative estimate of drug-likeness (QED) is 0.608. The summed E-state index contributed by atoms with van der Waals surface area (Å²) >= 11 is 0. The third-order valence-corrected chi connectivity index (χ3v) is 2.22. The van der Waals surface area contributed by atoms with E-state index in [1.54, 1.807) is 0 Å². The van der Waals surface area contributed by atoms with Gasteiger partial charge in [-0.15, -0.1) is 0 Å². The molecule has 66 valence electrons. The molecule has 0 amide bonds. The second kappa shape index (κ2) is 4.70. The topological polar surface area (TPSA) is 41.5 Å². The third-order valence-electron chi connectivity index (χ3n) is 2.22. The molecule has 1 heterocycles. The molecule has 1 rings (SSSR count). The van der Waals surface area contributed by atoms with E-state index in [0.717, 1.165) is 26.1 Å². The first-order valence-electron chi connectivity index (χ1n) is 4.25. The minimum atomic E-state index is -0.191. The zero-order chi connectivity index (χ0) is 8.10. The zero-order valence-electron chi connectivity index (χ0n) is 7.05. The molecule has 0 aliphatic carbocycles. The highest BCUT2D eigenvalue weighted by Gasteiger charge is 2.20. The molecule has 3 nitrogen and oxygen atoms in total. The maximum atomic E-state index is 9.56. The summed E-state index contributed by atoms with van der Waals surface area (Å²) in [6.07, 6.45) is 1.81. The van der Waals surface area contributed by atoms with Gasteiger partial charge in [0, 0.05) is 19.8 Å². The molecule has 1 saturated heterocycles. The van der Waals surface area contributed by atoms with Crippen molar-refractivity contribution < 1.29 is 9.84 Å². The molecule has 1 fully saturated rings. The summed E-state index contributed by atoms with van der Waals surface area (Å²) in [6.45, 7) is 2.32. The third kappa shape index (κ3) is 2.77. The summed E-state index contributed by atoms with van der Waals surface area (Å²) in [5, 5.41) is 12.5. The molecule has 2 N–H and O–H groups in total. The number of hydrogen-bond donors (Lipinski definition) is 2. The van der Waals surface area contributed by atoms with Gasteiger partial charge in [-0.2, -0.15) is 0 Å². The average Bonchev–Trinajstić information content (AvgIpc) is 2.07. The van der Waals surface area contributed by atoms with Crippen molar-refractivity contribution in [1.29, 1.82) is 0 Å². The normalized spacial score (nSPS) is 23.5. The van der Waals surface area contributed by atoms with E-state index in [2.05, 4.69) is 5.32 Å². The highest BCUT2D eigenvalue weighted by molar-refractivity contribution is 4.72. The first-order valence-corrected chi connectivity index (χ1v) is 4.25.